The van der Waals surface area contributed by atoms with Gasteiger partial charge in [-0.2, -0.15) is 0 Å². The van der Waals surface area contributed by atoms with Crippen LogP contribution in [0.2, 0.25) is 19.6 Å². The Hall–Kier alpha value is 0.177. The van der Waals surface area contributed by atoms with Crippen LogP contribution in [-0.4, -0.2) is 14.9 Å². The van der Waals surface area contributed by atoms with Gasteiger partial charge in [-0.3, -0.25) is 0 Å². The monoisotopic (exact) mass is 131 g/mol. The van der Waals surface area contributed by atoms with Gasteiger partial charge >= 0.3 is 0 Å². The predicted molar refractivity (Wildman–Crippen MR) is 39.3 cm³/mol. The van der Waals surface area contributed by atoms with E-state index >= 15 is 0 Å². The smallest absolute Gasteiger partial charge is 0.183 e. The average Bonchev–Trinajstić information content (AvgIpc) is 1.59. The van der Waals surface area contributed by atoms with Gasteiger partial charge in [-0.15, -0.1) is 0 Å². The van der Waals surface area contributed by atoms with E-state index < -0.39 is 8.32 Å². The Morgan fingerprint density at radius 2 is 1.88 bits per heavy atom. The molecule has 1 radical (unpaired) electrons. The molecule has 0 rings (SSSR count). The van der Waals surface area contributed by atoms with Gasteiger partial charge in [0.1, 0.15) is 0 Å². The molecule has 0 saturated heterocycles. The van der Waals surface area contributed by atoms with E-state index in [4.69, 9.17) is 4.43 Å². The summed E-state index contributed by atoms with van der Waals surface area (Å²) in [6.45, 7) is 9.40. The van der Waals surface area contributed by atoms with Crippen LogP contribution in [0.15, 0.2) is 0 Å². The van der Waals surface area contributed by atoms with Crippen molar-refractivity contribution in [3.8, 4) is 0 Å². The van der Waals surface area contributed by atoms with Crippen LogP contribution in [0.1, 0.15) is 6.92 Å². The Kier molecular flexibility index (Phi) is 3.32. The summed E-state index contributed by atoms with van der Waals surface area (Å²) in [4.78, 5) is 0. The summed E-state index contributed by atoms with van der Waals surface area (Å²) < 4.78 is 5.46. The molecule has 49 valence electrons. The summed E-state index contributed by atoms with van der Waals surface area (Å²) in [5.41, 5.74) is 0. The zero-order valence-corrected chi connectivity index (χ0v) is 7.19. The van der Waals surface area contributed by atoms with E-state index in [9.17, 15) is 0 Å². The second-order valence-electron chi connectivity index (χ2n) is 2.83. The summed E-state index contributed by atoms with van der Waals surface area (Å²) in [6, 6.07) is 0. The van der Waals surface area contributed by atoms with Gasteiger partial charge in [0.2, 0.25) is 0 Å². The molecule has 0 atom stereocenters. The lowest BCUT2D eigenvalue weighted by atomic mass is 10.5. The quantitative estimate of drug-likeness (QED) is 0.533. The Bertz CT molecular complexity index is 56.0. The first-order valence-corrected chi connectivity index (χ1v) is 6.39. The van der Waals surface area contributed by atoms with Crippen LogP contribution in [0.3, 0.4) is 0 Å². The summed E-state index contributed by atoms with van der Waals surface area (Å²) in [6.07, 6.45) is 2.04. The predicted octanol–water partition coefficient (Wildman–Crippen LogP) is 2.06. The van der Waals surface area contributed by atoms with Crippen LogP contribution in [0.25, 0.3) is 0 Å². The lowest BCUT2D eigenvalue weighted by Crippen LogP contribution is -2.25. The molecule has 0 aliphatic carbocycles. The highest BCUT2D eigenvalue weighted by atomic mass is 28.4. The molecular formula is C6H15OSi. The lowest BCUT2D eigenvalue weighted by Gasteiger charge is -2.15. The van der Waals surface area contributed by atoms with E-state index in [2.05, 4.69) is 19.6 Å². The van der Waals surface area contributed by atoms with Crippen LogP contribution in [-0.2, 0) is 4.43 Å². The minimum absolute atomic E-state index is 0.815. The van der Waals surface area contributed by atoms with Crippen LogP contribution < -0.4 is 0 Å². The van der Waals surface area contributed by atoms with Gasteiger partial charge in [-0.1, -0.05) is 6.92 Å². The Morgan fingerprint density at radius 1 is 1.38 bits per heavy atom. The minimum Gasteiger partial charge on any atom is -0.417 e. The summed E-state index contributed by atoms with van der Waals surface area (Å²) in [5.74, 6) is 0. The molecule has 0 N–H and O–H groups in total. The lowest BCUT2D eigenvalue weighted by molar-refractivity contribution is 0.344. The first kappa shape index (κ1) is 8.18. The second kappa shape index (κ2) is 3.25. The summed E-state index contributed by atoms with van der Waals surface area (Å²) in [7, 11) is -1.21. The normalized spacial score (nSPS) is 12.0. The van der Waals surface area contributed by atoms with Crippen molar-refractivity contribution in [3.63, 3.8) is 0 Å². The van der Waals surface area contributed by atoms with E-state index in [1.54, 1.807) is 0 Å². The molecule has 8 heavy (non-hydrogen) atoms. The SMILES string of the molecule is C[CH]CO[Si](C)(C)C. The molecule has 0 fully saturated rings. The van der Waals surface area contributed by atoms with E-state index in [-0.39, 0.29) is 0 Å². The van der Waals surface area contributed by atoms with Crippen molar-refractivity contribution in [1.82, 2.24) is 0 Å². The largest absolute Gasteiger partial charge is 0.417 e. The molecule has 0 aliphatic heterocycles. The van der Waals surface area contributed by atoms with Gasteiger partial charge in [-0.25, -0.2) is 0 Å². The minimum atomic E-state index is -1.21. The second-order valence-corrected chi connectivity index (χ2v) is 7.35. The Morgan fingerprint density at radius 3 is 2.00 bits per heavy atom. The van der Waals surface area contributed by atoms with Crippen molar-refractivity contribution in [2.24, 2.45) is 0 Å². The highest BCUT2D eigenvalue weighted by molar-refractivity contribution is 6.69. The molecule has 0 aromatic carbocycles. The molecule has 0 aromatic heterocycles. The van der Waals surface area contributed by atoms with Crippen molar-refractivity contribution < 1.29 is 4.43 Å². The summed E-state index contributed by atoms with van der Waals surface area (Å²) >= 11 is 0. The van der Waals surface area contributed by atoms with Crippen molar-refractivity contribution in [1.29, 1.82) is 0 Å². The third-order valence-electron chi connectivity index (χ3n) is 0.683. The van der Waals surface area contributed by atoms with E-state index in [1.165, 1.54) is 0 Å². The molecule has 0 aliphatic rings. The molecule has 0 unspecified atom stereocenters. The molecule has 2 heteroatoms. The third kappa shape index (κ3) is 6.18. The zero-order chi connectivity index (χ0) is 6.62. The van der Waals surface area contributed by atoms with Gasteiger partial charge < -0.3 is 4.43 Å². The summed E-state index contributed by atoms with van der Waals surface area (Å²) in [5, 5.41) is 0. The van der Waals surface area contributed by atoms with Gasteiger partial charge in [-0.05, 0) is 26.1 Å². The number of hydrogen-bond donors (Lipinski definition) is 0. The van der Waals surface area contributed by atoms with Gasteiger partial charge in [0, 0.05) is 6.61 Å². The van der Waals surface area contributed by atoms with E-state index in [1.807, 2.05) is 13.3 Å². The Balaban J connectivity index is 3.11. The van der Waals surface area contributed by atoms with Gasteiger partial charge in [0.15, 0.2) is 8.32 Å². The molecule has 0 heterocycles. The zero-order valence-electron chi connectivity index (χ0n) is 6.19. The van der Waals surface area contributed by atoms with Crippen LogP contribution in [0.5, 0.6) is 0 Å². The van der Waals surface area contributed by atoms with Crippen LogP contribution in [0, 0.1) is 6.42 Å². The van der Waals surface area contributed by atoms with Crippen LogP contribution >= 0.6 is 0 Å². The molecule has 0 aromatic rings. The first-order valence-electron chi connectivity index (χ1n) is 2.98. The molecule has 1 nitrogen and oxygen atoms in total. The molecule has 0 bridgehead atoms. The van der Waals surface area contributed by atoms with Crippen LogP contribution in [0.4, 0.5) is 0 Å². The molecular weight excluding hydrogens is 116 g/mol. The van der Waals surface area contributed by atoms with Gasteiger partial charge in [0.05, 0.1) is 0 Å². The van der Waals surface area contributed by atoms with E-state index in [0.717, 1.165) is 6.61 Å². The highest BCUT2D eigenvalue weighted by Crippen LogP contribution is 2.01. The molecule has 0 amide bonds. The maximum absolute atomic E-state index is 5.46. The van der Waals surface area contributed by atoms with Gasteiger partial charge in [0.25, 0.3) is 0 Å². The standard InChI is InChI=1S/C6H15OSi/c1-5-6-7-8(2,3)4/h5H,6H2,1-4H3. The molecule has 0 saturated carbocycles. The molecule has 0 spiro atoms. The maximum atomic E-state index is 5.46. The van der Waals surface area contributed by atoms with Crippen molar-refractivity contribution >= 4 is 8.32 Å². The average molecular weight is 131 g/mol. The van der Waals surface area contributed by atoms with Crippen molar-refractivity contribution in [3.05, 3.63) is 6.42 Å². The maximum Gasteiger partial charge on any atom is 0.183 e. The number of rotatable bonds is 3. The van der Waals surface area contributed by atoms with Crippen molar-refractivity contribution in [2.75, 3.05) is 6.61 Å². The Labute approximate surface area is 53.2 Å². The first-order chi connectivity index (χ1) is 3.56. The van der Waals surface area contributed by atoms with Crippen molar-refractivity contribution in [2.45, 2.75) is 26.6 Å². The fraction of sp³-hybridized carbons (Fsp3) is 0.833. The van der Waals surface area contributed by atoms with E-state index in [0.29, 0.717) is 0 Å². The fourth-order valence-corrected chi connectivity index (χ4v) is 1.00. The third-order valence-corrected chi connectivity index (χ3v) is 1.72. The fourth-order valence-electron chi connectivity index (χ4n) is 0.333. The highest BCUT2D eigenvalue weighted by Gasteiger charge is 2.12. The number of hydrogen-bond acceptors (Lipinski definition) is 1. The topological polar surface area (TPSA) is 9.23 Å².